The minimum atomic E-state index is -3.37. The van der Waals surface area contributed by atoms with E-state index in [0.717, 1.165) is 0 Å². The van der Waals surface area contributed by atoms with Gasteiger partial charge in [-0.1, -0.05) is 0 Å². The number of carbonyl (C=O) groups is 1. The Hall–Kier alpha value is -2.59. The molecule has 1 fully saturated rings. The van der Waals surface area contributed by atoms with E-state index in [-0.39, 0.29) is 36.4 Å². The highest BCUT2D eigenvalue weighted by molar-refractivity contribution is 7.89. The maximum Gasteiger partial charge on any atom is 0.227 e. The summed E-state index contributed by atoms with van der Waals surface area (Å²) in [6.07, 6.45) is 0.268. The number of rotatable bonds is 7. The highest BCUT2D eigenvalue weighted by Gasteiger charge is 2.33. The Kier molecular flexibility index (Phi) is 6.37. The Morgan fingerprint density at radius 1 is 1.17 bits per heavy atom. The Labute approximate surface area is 176 Å². The summed E-state index contributed by atoms with van der Waals surface area (Å²) in [5.41, 5.74) is 1.32. The van der Waals surface area contributed by atoms with Gasteiger partial charge in [-0.15, -0.1) is 0 Å². The lowest BCUT2D eigenvalue weighted by Crippen LogP contribution is -2.29. The molecule has 1 aliphatic heterocycles. The van der Waals surface area contributed by atoms with Crippen LogP contribution in [0.15, 0.2) is 30.3 Å². The molecule has 2 aromatic rings. The maximum atomic E-state index is 13.2. The van der Waals surface area contributed by atoms with E-state index in [0.29, 0.717) is 29.6 Å². The van der Waals surface area contributed by atoms with Crippen molar-refractivity contribution in [3.63, 3.8) is 0 Å². The first-order valence-corrected chi connectivity index (χ1v) is 11.3. The lowest BCUT2D eigenvalue weighted by Gasteiger charge is -2.20. The molecule has 0 bridgehead atoms. The molecule has 8 nitrogen and oxygen atoms in total. The maximum absolute atomic E-state index is 13.2. The standard InChI is InChI=1S/C20H26FN5O3S/c1-5-30(28,29)25(4)13-18-22-17(11-19(23-18)24(2)3)14-10-20(27)26(12-14)16-8-6-15(21)7-9-16/h6-9,11,14H,5,10,12-13H2,1-4H3/t14-/m0/s1. The molecule has 2 heterocycles. The van der Waals surface area contributed by atoms with Gasteiger partial charge in [-0.3, -0.25) is 4.79 Å². The average molecular weight is 436 g/mol. The van der Waals surface area contributed by atoms with Crippen LogP contribution < -0.4 is 9.80 Å². The van der Waals surface area contributed by atoms with Crippen LogP contribution in [-0.4, -0.2) is 62.0 Å². The number of anilines is 2. The van der Waals surface area contributed by atoms with E-state index >= 15 is 0 Å². The van der Waals surface area contributed by atoms with E-state index in [1.165, 1.54) is 23.5 Å². The van der Waals surface area contributed by atoms with Gasteiger partial charge in [-0.25, -0.2) is 22.8 Å². The largest absolute Gasteiger partial charge is 0.363 e. The van der Waals surface area contributed by atoms with Crippen molar-refractivity contribution in [2.75, 3.05) is 43.2 Å². The predicted octanol–water partition coefficient (Wildman–Crippen LogP) is 1.98. The molecule has 0 radical (unpaired) electrons. The van der Waals surface area contributed by atoms with Crippen LogP contribution in [0.1, 0.15) is 30.8 Å². The number of aromatic nitrogens is 2. The molecule has 1 aromatic carbocycles. The second-order valence-electron chi connectivity index (χ2n) is 7.50. The molecule has 1 aromatic heterocycles. The van der Waals surface area contributed by atoms with E-state index in [4.69, 9.17) is 0 Å². The molecule has 0 saturated carbocycles. The first-order valence-electron chi connectivity index (χ1n) is 9.66. The van der Waals surface area contributed by atoms with Gasteiger partial charge in [0, 0.05) is 51.8 Å². The first-order chi connectivity index (χ1) is 14.1. The summed E-state index contributed by atoms with van der Waals surface area (Å²) in [4.78, 5) is 25.1. The third-order valence-corrected chi connectivity index (χ3v) is 6.93. The van der Waals surface area contributed by atoms with Crippen molar-refractivity contribution in [2.24, 2.45) is 0 Å². The Morgan fingerprint density at radius 2 is 1.83 bits per heavy atom. The van der Waals surface area contributed by atoms with Gasteiger partial charge in [0.05, 0.1) is 18.0 Å². The second kappa shape index (κ2) is 8.65. The van der Waals surface area contributed by atoms with Crippen molar-refractivity contribution in [3.05, 3.63) is 47.7 Å². The zero-order valence-corrected chi connectivity index (χ0v) is 18.4. The molecule has 1 amide bonds. The summed E-state index contributed by atoms with van der Waals surface area (Å²) in [5, 5.41) is 0. The summed E-state index contributed by atoms with van der Waals surface area (Å²) >= 11 is 0. The van der Waals surface area contributed by atoms with Gasteiger partial charge in [-0.05, 0) is 31.2 Å². The van der Waals surface area contributed by atoms with Crippen molar-refractivity contribution >= 4 is 27.4 Å². The summed E-state index contributed by atoms with van der Waals surface area (Å²) in [6, 6.07) is 7.64. The fourth-order valence-corrected chi connectivity index (χ4v) is 4.06. The van der Waals surface area contributed by atoms with Gasteiger partial charge < -0.3 is 9.80 Å². The van der Waals surface area contributed by atoms with Crippen LogP contribution in [0, 0.1) is 5.82 Å². The van der Waals surface area contributed by atoms with E-state index in [2.05, 4.69) is 9.97 Å². The Bertz CT molecular complexity index is 1030. The molecule has 0 N–H and O–H groups in total. The van der Waals surface area contributed by atoms with E-state index in [1.54, 1.807) is 24.0 Å². The minimum Gasteiger partial charge on any atom is -0.363 e. The van der Waals surface area contributed by atoms with Gasteiger partial charge in [0.25, 0.3) is 0 Å². The quantitative estimate of drug-likeness (QED) is 0.661. The summed E-state index contributed by atoms with van der Waals surface area (Å²) in [7, 11) is 1.81. The zero-order valence-electron chi connectivity index (χ0n) is 17.5. The third-order valence-electron chi connectivity index (χ3n) is 5.12. The molecular weight excluding hydrogens is 409 g/mol. The SMILES string of the molecule is CCS(=O)(=O)N(C)Cc1nc([C@H]2CC(=O)N(c3ccc(F)cc3)C2)cc(N(C)C)n1. The average Bonchev–Trinajstić information content (AvgIpc) is 3.10. The van der Waals surface area contributed by atoms with Crippen molar-refractivity contribution < 1.29 is 17.6 Å². The van der Waals surface area contributed by atoms with Crippen LogP contribution >= 0.6 is 0 Å². The number of hydrogen-bond donors (Lipinski definition) is 0. The summed E-state index contributed by atoms with van der Waals surface area (Å²) in [5.74, 6) is 0.422. The fourth-order valence-electron chi connectivity index (χ4n) is 3.31. The van der Waals surface area contributed by atoms with Crippen LogP contribution in [-0.2, 0) is 21.4 Å². The normalized spacial score (nSPS) is 17.1. The van der Waals surface area contributed by atoms with E-state index < -0.39 is 10.0 Å². The highest BCUT2D eigenvalue weighted by Crippen LogP contribution is 2.32. The van der Waals surface area contributed by atoms with Gasteiger partial charge in [0.15, 0.2) is 0 Å². The highest BCUT2D eigenvalue weighted by atomic mass is 32.2. The minimum absolute atomic E-state index is 0.00646. The van der Waals surface area contributed by atoms with Gasteiger partial charge in [-0.2, -0.15) is 4.31 Å². The Balaban J connectivity index is 1.89. The molecule has 3 rings (SSSR count). The van der Waals surface area contributed by atoms with Crippen molar-refractivity contribution in [2.45, 2.75) is 25.8 Å². The Morgan fingerprint density at radius 3 is 2.43 bits per heavy atom. The number of sulfonamides is 1. The smallest absolute Gasteiger partial charge is 0.227 e. The third kappa shape index (κ3) is 4.76. The molecular formula is C20H26FN5O3S. The molecule has 162 valence electrons. The second-order valence-corrected chi connectivity index (χ2v) is 9.86. The lowest BCUT2D eigenvalue weighted by molar-refractivity contribution is -0.117. The molecule has 0 aliphatic carbocycles. The van der Waals surface area contributed by atoms with Crippen molar-refractivity contribution in [3.8, 4) is 0 Å². The van der Waals surface area contributed by atoms with Gasteiger partial charge in [0.2, 0.25) is 15.9 Å². The van der Waals surface area contributed by atoms with Crippen LogP contribution in [0.25, 0.3) is 0 Å². The number of amides is 1. The number of halogens is 1. The number of benzene rings is 1. The zero-order chi connectivity index (χ0) is 22.1. The topological polar surface area (TPSA) is 86.7 Å². The first kappa shape index (κ1) is 22.1. The predicted molar refractivity (Wildman–Crippen MR) is 113 cm³/mol. The summed E-state index contributed by atoms with van der Waals surface area (Å²) in [6.45, 7) is 2.05. The molecule has 1 atom stereocenters. The van der Waals surface area contributed by atoms with Crippen LogP contribution in [0.2, 0.25) is 0 Å². The monoisotopic (exact) mass is 435 g/mol. The van der Waals surface area contributed by atoms with E-state index in [9.17, 15) is 17.6 Å². The molecule has 10 heteroatoms. The summed E-state index contributed by atoms with van der Waals surface area (Å²) < 4.78 is 38.7. The molecule has 0 spiro atoms. The number of nitrogens with zero attached hydrogens (tertiary/aromatic N) is 5. The van der Waals surface area contributed by atoms with Crippen LogP contribution in [0.5, 0.6) is 0 Å². The van der Waals surface area contributed by atoms with Crippen molar-refractivity contribution in [1.29, 1.82) is 0 Å². The van der Waals surface area contributed by atoms with Crippen LogP contribution in [0.3, 0.4) is 0 Å². The van der Waals surface area contributed by atoms with E-state index in [1.807, 2.05) is 25.1 Å². The van der Waals surface area contributed by atoms with Crippen molar-refractivity contribution in [1.82, 2.24) is 14.3 Å². The number of hydrogen-bond acceptors (Lipinski definition) is 6. The van der Waals surface area contributed by atoms with Crippen LogP contribution in [0.4, 0.5) is 15.9 Å². The molecule has 0 unspecified atom stereocenters. The van der Waals surface area contributed by atoms with Gasteiger partial charge in [0.1, 0.15) is 17.5 Å². The number of carbonyl (C=O) groups excluding carboxylic acids is 1. The van der Waals surface area contributed by atoms with Gasteiger partial charge >= 0.3 is 0 Å². The lowest BCUT2D eigenvalue weighted by atomic mass is 10.0. The molecule has 1 aliphatic rings. The fraction of sp³-hybridized carbons (Fsp3) is 0.450. The molecule has 30 heavy (non-hydrogen) atoms. The molecule has 1 saturated heterocycles.